The summed E-state index contributed by atoms with van der Waals surface area (Å²) in [5, 5.41) is 12.0. The largest absolute Gasteiger partial charge is 0.355 e. The van der Waals surface area contributed by atoms with E-state index >= 15 is 0 Å². The molecule has 0 fully saturated rings. The van der Waals surface area contributed by atoms with Crippen LogP contribution >= 0.6 is 23.4 Å². The fraction of sp³-hybridized carbons (Fsp3) is 0.250. The van der Waals surface area contributed by atoms with Gasteiger partial charge in [-0.25, -0.2) is 0 Å². The van der Waals surface area contributed by atoms with Gasteiger partial charge in [-0.05, 0) is 36.2 Å². The van der Waals surface area contributed by atoms with Crippen LogP contribution in [0.15, 0.2) is 53.8 Å². The van der Waals surface area contributed by atoms with Gasteiger partial charge in [0.1, 0.15) is 5.03 Å². The third-order valence-corrected chi connectivity index (χ3v) is 5.25. The van der Waals surface area contributed by atoms with Gasteiger partial charge in [-0.15, -0.1) is 0 Å². The van der Waals surface area contributed by atoms with Crippen LogP contribution in [0.1, 0.15) is 19.8 Å². The van der Waals surface area contributed by atoms with Gasteiger partial charge in [-0.1, -0.05) is 48.8 Å². The van der Waals surface area contributed by atoms with Crippen LogP contribution in [0.2, 0.25) is 5.02 Å². The highest BCUT2D eigenvalue weighted by Crippen LogP contribution is 2.37. The molecule has 1 aromatic carbocycles. The molecule has 3 rings (SSSR count). The van der Waals surface area contributed by atoms with Crippen LogP contribution in [0.25, 0.3) is 22.4 Å². The average Bonchev–Trinajstić information content (AvgIpc) is 3.12. The summed E-state index contributed by atoms with van der Waals surface area (Å²) < 4.78 is 0. The van der Waals surface area contributed by atoms with Crippen molar-refractivity contribution >= 4 is 29.3 Å². The molecular weight excluding hydrogens is 380 g/mol. The first kappa shape index (κ1) is 19.5. The van der Waals surface area contributed by atoms with Crippen molar-refractivity contribution in [3.05, 3.63) is 53.8 Å². The molecule has 27 heavy (non-hydrogen) atoms. The Morgan fingerprint density at radius 2 is 1.89 bits per heavy atom. The zero-order valence-corrected chi connectivity index (χ0v) is 16.6. The highest BCUT2D eigenvalue weighted by atomic mass is 35.5. The second-order valence-corrected chi connectivity index (χ2v) is 7.41. The van der Waals surface area contributed by atoms with Crippen molar-refractivity contribution in [1.29, 1.82) is 0 Å². The summed E-state index contributed by atoms with van der Waals surface area (Å²) in [6, 6.07) is 11.5. The molecule has 1 amide bonds. The number of aromatic amines is 1. The lowest BCUT2D eigenvalue weighted by molar-refractivity contribution is -0.118. The SMILES string of the molecule is CCCCNC(=O)CSc1n[nH]c(-c2ccc(Cl)cc2)c1-c1ccncc1. The molecule has 0 aliphatic rings. The number of amides is 1. The highest BCUT2D eigenvalue weighted by Gasteiger charge is 2.18. The van der Waals surface area contributed by atoms with Gasteiger partial charge in [0.15, 0.2) is 0 Å². The van der Waals surface area contributed by atoms with Gasteiger partial charge in [0, 0.05) is 35.1 Å². The van der Waals surface area contributed by atoms with Crippen molar-refractivity contribution in [3.63, 3.8) is 0 Å². The van der Waals surface area contributed by atoms with E-state index in [0.29, 0.717) is 17.3 Å². The number of thioether (sulfide) groups is 1. The molecular formula is C20H21ClN4OS. The van der Waals surface area contributed by atoms with Crippen LogP contribution in [0.4, 0.5) is 0 Å². The number of nitrogens with one attached hydrogen (secondary N) is 2. The third kappa shape index (κ3) is 5.11. The number of benzene rings is 1. The van der Waals surface area contributed by atoms with E-state index in [1.54, 1.807) is 12.4 Å². The Morgan fingerprint density at radius 3 is 2.59 bits per heavy atom. The van der Waals surface area contributed by atoms with E-state index in [1.165, 1.54) is 11.8 Å². The molecule has 0 saturated carbocycles. The molecule has 0 spiro atoms. The van der Waals surface area contributed by atoms with Crippen molar-refractivity contribution in [1.82, 2.24) is 20.5 Å². The van der Waals surface area contributed by atoms with E-state index in [0.717, 1.165) is 40.3 Å². The van der Waals surface area contributed by atoms with Crippen LogP contribution in [0.5, 0.6) is 0 Å². The van der Waals surface area contributed by atoms with Crippen LogP contribution in [-0.4, -0.2) is 33.4 Å². The molecule has 0 unspecified atom stereocenters. The molecule has 0 atom stereocenters. The molecule has 0 aliphatic carbocycles. The summed E-state index contributed by atoms with van der Waals surface area (Å²) in [4.78, 5) is 16.2. The molecule has 3 aromatic rings. The summed E-state index contributed by atoms with van der Waals surface area (Å²) >= 11 is 7.44. The summed E-state index contributed by atoms with van der Waals surface area (Å²) in [6.45, 7) is 2.81. The molecule has 140 valence electrons. The number of pyridine rings is 1. The number of hydrogen-bond acceptors (Lipinski definition) is 4. The molecule has 2 N–H and O–H groups in total. The van der Waals surface area contributed by atoms with Crippen molar-refractivity contribution < 1.29 is 4.79 Å². The van der Waals surface area contributed by atoms with Crippen molar-refractivity contribution in [3.8, 4) is 22.4 Å². The van der Waals surface area contributed by atoms with Gasteiger partial charge in [-0.2, -0.15) is 5.10 Å². The second kappa shape index (κ2) is 9.58. The number of rotatable bonds is 8. The van der Waals surface area contributed by atoms with E-state index in [-0.39, 0.29) is 5.91 Å². The summed E-state index contributed by atoms with van der Waals surface area (Å²) in [7, 11) is 0. The smallest absolute Gasteiger partial charge is 0.230 e. The van der Waals surface area contributed by atoms with E-state index in [1.807, 2.05) is 36.4 Å². The van der Waals surface area contributed by atoms with Gasteiger partial charge in [0.2, 0.25) is 5.91 Å². The van der Waals surface area contributed by atoms with E-state index in [4.69, 9.17) is 11.6 Å². The highest BCUT2D eigenvalue weighted by molar-refractivity contribution is 8.00. The van der Waals surface area contributed by atoms with Crippen molar-refractivity contribution in [2.75, 3.05) is 12.3 Å². The lowest BCUT2D eigenvalue weighted by Crippen LogP contribution is -2.26. The Hall–Kier alpha value is -2.31. The molecule has 0 bridgehead atoms. The maximum absolute atomic E-state index is 12.1. The second-order valence-electron chi connectivity index (χ2n) is 6.01. The standard InChI is InChI=1S/C20H21ClN4OS/c1-2-3-10-23-17(26)13-27-20-18(14-8-11-22-12-9-14)19(24-25-20)15-4-6-16(21)7-5-15/h4-9,11-12H,2-3,10,13H2,1H3,(H,23,26)(H,24,25). The number of H-pyrrole nitrogens is 1. The number of nitrogens with zero attached hydrogens (tertiary/aromatic N) is 2. The Balaban J connectivity index is 1.86. The molecule has 0 aliphatic heterocycles. The number of hydrogen-bond donors (Lipinski definition) is 2. The summed E-state index contributed by atoms with van der Waals surface area (Å²) in [5.41, 5.74) is 3.84. The minimum atomic E-state index is 0.0187. The summed E-state index contributed by atoms with van der Waals surface area (Å²) in [6.07, 6.45) is 5.55. The normalized spacial score (nSPS) is 10.7. The number of unbranched alkanes of at least 4 members (excludes halogenated alkanes) is 1. The quantitative estimate of drug-likeness (QED) is 0.421. The van der Waals surface area contributed by atoms with Crippen LogP contribution in [0.3, 0.4) is 0 Å². The first-order valence-corrected chi connectivity index (χ1v) is 10.2. The molecule has 5 nitrogen and oxygen atoms in total. The Morgan fingerprint density at radius 1 is 1.15 bits per heavy atom. The number of carbonyl (C=O) groups excluding carboxylic acids is 1. The fourth-order valence-corrected chi connectivity index (χ4v) is 3.60. The lowest BCUT2D eigenvalue weighted by Gasteiger charge is -2.07. The van der Waals surface area contributed by atoms with E-state index in [2.05, 4.69) is 27.4 Å². The molecule has 2 aromatic heterocycles. The lowest BCUT2D eigenvalue weighted by atomic mass is 10.0. The monoisotopic (exact) mass is 400 g/mol. The summed E-state index contributed by atoms with van der Waals surface area (Å²) in [5.74, 6) is 0.345. The van der Waals surface area contributed by atoms with E-state index < -0.39 is 0 Å². The molecule has 2 heterocycles. The number of halogens is 1. The van der Waals surface area contributed by atoms with Gasteiger partial charge in [0.25, 0.3) is 0 Å². The van der Waals surface area contributed by atoms with Gasteiger partial charge < -0.3 is 5.32 Å². The topological polar surface area (TPSA) is 70.7 Å². The van der Waals surface area contributed by atoms with Gasteiger partial charge in [0.05, 0.1) is 11.4 Å². The van der Waals surface area contributed by atoms with Crippen LogP contribution < -0.4 is 5.32 Å². The minimum absolute atomic E-state index is 0.0187. The first-order chi connectivity index (χ1) is 13.2. The third-order valence-electron chi connectivity index (χ3n) is 4.03. The molecule has 7 heteroatoms. The zero-order valence-electron chi connectivity index (χ0n) is 15.0. The minimum Gasteiger partial charge on any atom is -0.355 e. The Kier molecular flexibility index (Phi) is 6.90. The maximum atomic E-state index is 12.1. The van der Waals surface area contributed by atoms with Crippen LogP contribution in [0, 0.1) is 0 Å². The Labute approximate surface area is 167 Å². The average molecular weight is 401 g/mol. The predicted octanol–water partition coefficient (Wildman–Crippen LogP) is 4.80. The maximum Gasteiger partial charge on any atom is 0.230 e. The van der Waals surface area contributed by atoms with Crippen molar-refractivity contribution in [2.24, 2.45) is 0 Å². The van der Waals surface area contributed by atoms with E-state index in [9.17, 15) is 4.79 Å². The first-order valence-electron chi connectivity index (χ1n) is 8.83. The molecule has 0 radical (unpaired) electrons. The van der Waals surface area contributed by atoms with Gasteiger partial charge >= 0.3 is 0 Å². The van der Waals surface area contributed by atoms with Crippen LogP contribution in [-0.2, 0) is 4.79 Å². The zero-order chi connectivity index (χ0) is 19.1. The number of aromatic nitrogens is 3. The van der Waals surface area contributed by atoms with Gasteiger partial charge in [-0.3, -0.25) is 14.9 Å². The molecule has 0 saturated heterocycles. The number of carbonyl (C=O) groups is 1. The van der Waals surface area contributed by atoms with Crippen molar-refractivity contribution in [2.45, 2.75) is 24.8 Å². The fourth-order valence-electron chi connectivity index (χ4n) is 2.63. The Bertz CT molecular complexity index is 881. The predicted molar refractivity (Wildman–Crippen MR) is 111 cm³/mol.